The largest absolute Gasteiger partial charge is 0.478 e. The van der Waals surface area contributed by atoms with Crippen molar-refractivity contribution in [3.05, 3.63) is 71.4 Å². The number of aromatic nitrogens is 1. The molecule has 2 heterocycles. The molecule has 1 fully saturated rings. The summed E-state index contributed by atoms with van der Waals surface area (Å²) in [5.74, 6) is -0.614. The Morgan fingerprint density at radius 1 is 1.07 bits per heavy atom. The van der Waals surface area contributed by atoms with E-state index in [0.717, 1.165) is 41.4 Å². The van der Waals surface area contributed by atoms with Crippen molar-refractivity contribution >= 4 is 22.8 Å². The van der Waals surface area contributed by atoms with E-state index < -0.39 is 5.97 Å². The van der Waals surface area contributed by atoms with E-state index in [2.05, 4.69) is 0 Å². The smallest absolute Gasteiger partial charge is 0.335 e. The number of amides is 1. The van der Waals surface area contributed by atoms with Gasteiger partial charge in [-0.1, -0.05) is 18.2 Å². The molecule has 0 bridgehead atoms. The molecule has 0 aliphatic carbocycles. The van der Waals surface area contributed by atoms with Gasteiger partial charge in [0.2, 0.25) is 0 Å². The summed E-state index contributed by atoms with van der Waals surface area (Å²) in [5.41, 5.74) is 3.18. The average molecular weight is 362 g/mol. The monoisotopic (exact) mass is 362 g/mol. The molecule has 5 nitrogen and oxygen atoms in total. The molecule has 4 rings (SSSR count). The van der Waals surface area contributed by atoms with Crippen molar-refractivity contribution in [3.63, 3.8) is 0 Å². The highest BCUT2D eigenvalue weighted by atomic mass is 16.4. The van der Waals surface area contributed by atoms with Crippen molar-refractivity contribution in [2.45, 2.75) is 18.8 Å². The molecule has 0 spiro atoms. The van der Waals surface area contributed by atoms with Gasteiger partial charge in [-0.3, -0.25) is 4.79 Å². The van der Waals surface area contributed by atoms with Gasteiger partial charge in [0.1, 0.15) is 0 Å². The van der Waals surface area contributed by atoms with E-state index in [-0.39, 0.29) is 11.8 Å². The zero-order chi connectivity index (χ0) is 19.0. The number of hydrogen-bond donors (Lipinski definition) is 1. The highest BCUT2D eigenvalue weighted by molar-refractivity contribution is 6.06. The van der Waals surface area contributed by atoms with E-state index in [4.69, 9.17) is 5.11 Å². The lowest BCUT2D eigenvalue weighted by Gasteiger charge is -2.33. The second-order valence-corrected chi connectivity index (χ2v) is 7.18. The van der Waals surface area contributed by atoms with Gasteiger partial charge in [-0.2, -0.15) is 0 Å². The summed E-state index contributed by atoms with van der Waals surface area (Å²) in [6.07, 6.45) is 3.93. The van der Waals surface area contributed by atoms with Crippen LogP contribution < -0.4 is 0 Å². The van der Waals surface area contributed by atoms with Gasteiger partial charge in [-0.15, -0.1) is 0 Å². The minimum absolute atomic E-state index is 0.0682. The number of carbonyl (C=O) groups is 2. The number of benzene rings is 2. The zero-order valence-corrected chi connectivity index (χ0v) is 15.3. The molecule has 1 aliphatic rings. The van der Waals surface area contributed by atoms with Crippen LogP contribution in [0.5, 0.6) is 0 Å². The molecule has 0 unspecified atom stereocenters. The van der Waals surface area contributed by atoms with E-state index in [9.17, 15) is 9.59 Å². The third-order valence-corrected chi connectivity index (χ3v) is 5.50. The van der Waals surface area contributed by atoms with Crippen LogP contribution in [0.15, 0.2) is 54.7 Å². The molecule has 5 heteroatoms. The van der Waals surface area contributed by atoms with Crippen LogP contribution in [0.1, 0.15) is 45.0 Å². The molecule has 1 atom stereocenters. The van der Waals surface area contributed by atoms with E-state index in [0.29, 0.717) is 12.1 Å². The Bertz CT molecular complexity index is 1000. The molecule has 3 aromatic rings. The fourth-order valence-electron chi connectivity index (χ4n) is 3.99. The van der Waals surface area contributed by atoms with E-state index in [1.807, 2.05) is 59.1 Å². The number of aromatic carboxylic acids is 1. The highest BCUT2D eigenvalue weighted by Crippen LogP contribution is 2.29. The number of carbonyl (C=O) groups excluding carboxylic acids is 1. The standard InChI is InChI=1S/C22H22N2O3/c1-23-13-11-18-19(5-2-6-20(18)23)21(25)24-12-3-4-17(14-24)15-7-9-16(10-8-15)22(26)27/h2,5-11,13,17H,3-4,12,14H2,1H3,(H,26,27)/t17-/m1/s1. The Kier molecular flexibility index (Phi) is 4.44. The number of rotatable bonds is 3. The number of aryl methyl sites for hydroxylation is 1. The molecule has 1 N–H and O–H groups in total. The maximum Gasteiger partial charge on any atom is 0.335 e. The van der Waals surface area contributed by atoms with E-state index in [1.165, 1.54) is 0 Å². The first-order chi connectivity index (χ1) is 13.0. The minimum atomic E-state index is -0.919. The first-order valence-corrected chi connectivity index (χ1v) is 9.21. The summed E-state index contributed by atoms with van der Waals surface area (Å²) < 4.78 is 2.02. The van der Waals surface area contributed by atoms with Gasteiger partial charge in [0.15, 0.2) is 0 Å². The van der Waals surface area contributed by atoms with Gasteiger partial charge < -0.3 is 14.6 Å². The zero-order valence-electron chi connectivity index (χ0n) is 15.3. The summed E-state index contributed by atoms with van der Waals surface area (Å²) in [7, 11) is 1.98. The Hall–Kier alpha value is -3.08. The van der Waals surface area contributed by atoms with Crippen LogP contribution >= 0.6 is 0 Å². The molecule has 0 saturated carbocycles. The lowest BCUT2D eigenvalue weighted by atomic mass is 9.89. The Labute approximate surface area is 157 Å². The predicted molar refractivity (Wildman–Crippen MR) is 104 cm³/mol. The topological polar surface area (TPSA) is 62.5 Å². The lowest BCUT2D eigenvalue weighted by molar-refractivity contribution is 0.0694. The van der Waals surface area contributed by atoms with E-state index in [1.54, 1.807) is 12.1 Å². The Morgan fingerprint density at radius 3 is 2.59 bits per heavy atom. The van der Waals surface area contributed by atoms with Gasteiger partial charge in [-0.05, 0) is 48.7 Å². The van der Waals surface area contributed by atoms with Crippen molar-refractivity contribution in [2.75, 3.05) is 13.1 Å². The fourth-order valence-corrected chi connectivity index (χ4v) is 3.99. The lowest BCUT2D eigenvalue weighted by Crippen LogP contribution is -2.39. The summed E-state index contributed by atoms with van der Waals surface area (Å²) >= 11 is 0. The molecule has 27 heavy (non-hydrogen) atoms. The number of carboxylic acid groups (broad SMARTS) is 1. The van der Waals surface area contributed by atoms with E-state index >= 15 is 0 Å². The molecular weight excluding hydrogens is 340 g/mol. The van der Waals surface area contributed by atoms with Crippen LogP contribution in [0, 0.1) is 0 Å². The van der Waals surface area contributed by atoms with Crippen LogP contribution in [-0.2, 0) is 7.05 Å². The van der Waals surface area contributed by atoms with Crippen molar-refractivity contribution in [3.8, 4) is 0 Å². The van der Waals surface area contributed by atoms with Crippen LogP contribution in [0.2, 0.25) is 0 Å². The van der Waals surface area contributed by atoms with Crippen LogP contribution in [0.25, 0.3) is 10.9 Å². The second-order valence-electron chi connectivity index (χ2n) is 7.18. The summed E-state index contributed by atoms with van der Waals surface area (Å²) in [5, 5.41) is 10.0. The van der Waals surface area contributed by atoms with Crippen molar-refractivity contribution < 1.29 is 14.7 Å². The Morgan fingerprint density at radius 2 is 1.85 bits per heavy atom. The van der Waals surface area contributed by atoms with Crippen LogP contribution in [-0.4, -0.2) is 39.5 Å². The number of likely N-dealkylation sites (tertiary alicyclic amines) is 1. The number of piperidine rings is 1. The van der Waals surface area contributed by atoms with Gasteiger partial charge in [-0.25, -0.2) is 4.79 Å². The fraction of sp³-hybridized carbons (Fsp3) is 0.273. The number of carboxylic acids is 1. The molecule has 1 aliphatic heterocycles. The first-order valence-electron chi connectivity index (χ1n) is 9.21. The Balaban J connectivity index is 1.57. The molecular formula is C22H22N2O3. The van der Waals surface area contributed by atoms with Gasteiger partial charge in [0.05, 0.1) is 5.56 Å². The third-order valence-electron chi connectivity index (χ3n) is 5.50. The van der Waals surface area contributed by atoms with Gasteiger partial charge in [0, 0.05) is 48.7 Å². The van der Waals surface area contributed by atoms with Gasteiger partial charge in [0.25, 0.3) is 5.91 Å². The maximum atomic E-state index is 13.2. The van der Waals surface area contributed by atoms with Crippen LogP contribution in [0.3, 0.4) is 0 Å². The van der Waals surface area contributed by atoms with Crippen molar-refractivity contribution in [2.24, 2.45) is 7.05 Å². The molecule has 1 amide bonds. The van der Waals surface area contributed by atoms with Crippen LogP contribution in [0.4, 0.5) is 0 Å². The molecule has 1 aromatic heterocycles. The quantitative estimate of drug-likeness (QED) is 0.769. The van der Waals surface area contributed by atoms with Crippen molar-refractivity contribution in [1.82, 2.24) is 9.47 Å². The maximum absolute atomic E-state index is 13.2. The average Bonchev–Trinajstić information content (AvgIpc) is 3.09. The molecule has 2 aromatic carbocycles. The predicted octanol–water partition coefficient (Wildman–Crippen LogP) is 3.90. The third kappa shape index (κ3) is 3.21. The highest BCUT2D eigenvalue weighted by Gasteiger charge is 2.26. The first kappa shape index (κ1) is 17.3. The normalized spacial score (nSPS) is 17.2. The molecule has 138 valence electrons. The second kappa shape index (κ2) is 6.91. The summed E-state index contributed by atoms with van der Waals surface area (Å²) in [6.45, 7) is 1.42. The van der Waals surface area contributed by atoms with Gasteiger partial charge >= 0.3 is 5.97 Å². The molecule has 0 radical (unpaired) electrons. The number of hydrogen-bond acceptors (Lipinski definition) is 2. The number of fused-ring (bicyclic) bond motifs is 1. The van der Waals surface area contributed by atoms with Crippen molar-refractivity contribution in [1.29, 1.82) is 0 Å². The summed E-state index contributed by atoms with van der Waals surface area (Å²) in [4.78, 5) is 26.2. The molecule has 1 saturated heterocycles. The SMILES string of the molecule is Cn1ccc2c(C(=O)N3CCC[C@@H](c4ccc(C(=O)O)cc4)C3)cccc21. The summed E-state index contributed by atoms with van der Waals surface area (Å²) in [6, 6.07) is 14.9. The number of nitrogens with zero attached hydrogens (tertiary/aromatic N) is 2. The minimum Gasteiger partial charge on any atom is -0.478 e.